The molecule has 0 heterocycles. The number of hydrogen-bond donors (Lipinski definition) is 1. The second kappa shape index (κ2) is 8.04. The fourth-order valence-electron chi connectivity index (χ4n) is 3.03. The van der Waals surface area contributed by atoms with Crippen molar-refractivity contribution in [3.63, 3.8) is 0 Å². The van der Waals surface area contributed by atoms with Crippen LogP contribution in [0.4, 0.5) is 10.1 Å². The minimum Gasteiger partial charge on any atom is -0.493 e. The highest BCUT2D eigenvalue weighted by Gasteiger charge is 2.17. The minimum absolute atomic E-state index is 0.0618. The SMILES string of the molecule is CCOc1ccc(Cc2ccc(N)cc2)c(F)c1-c1cccc(C(C)=O)c1. The first kappa shape index (κ1) is 18.6. The number of benzene rings is 3. The molecule has 3 rings (SSSR count). The summed E-state index contributed by atoms with van der Waals surface area (Å²) in [6.45, 7) is 3.78. The van der Waals surface area contributed by atoms with Crippen LogP contribution in [0, 0.1) is 5.82 Å². The summed E-state index contributed by atoms with van der Waals surface area (Å²) in [4.78, 5) is 11.7. The van der Waals surface area contributed by atoms with E-state index in [2.05, 4.69) is 0 Å². The van der Waals surface area contributed by atoms with Crippen LogP contribution in [-0.4, -0.2) is 12.4 Å². The number of rotatable bonds is 6. The van der Waals surface area contributed by atoms with Crippen molar-refractivity contribution in [2.75, 3.05) is 12.3 Å². The Balaban J connectivity index is 2.08. The molecule has 3 nitrogen and oxygen atoms in total. The third-order valence-corrected chi connectivity index (χ3v) is 4.42. The normalized spacial score (nSPS) is 10.6. The number of nitrogens with two attached hydrogens (primary N) is 1. The Labute approximate surface area is 158 Å². The molecule has 0 fully saturated rings. The quantitative estimate of drug-likeness (QED) is 0.480. The van der Waals surface area contributed by atoms with Gasteiger partial charge in [0.1, 0.15) is 11.6 Å². The third kappa shape index (κ3) is 4.17. The summed E-state index contributed by atoms with van der Waals surface area (Å²) in [5.41, 5.74) is 9.48. The summed E-state index contributed by atoms with van der Waals surface area (Å²) in [6.07, 6.45) is 0.442. The van der Waals surface area contributed by atoms with Gasteiger partial charge in [0, 0.05) is 17.7 Å². The molecule has 0 bridgehead atoms. The van der Waals surface area contributed by atoms with Gasteiger partial charge in [0.05, 0.1) is 12.2 Å². The molecule has 0 amide bonds. The van der Waals surface area contributed by atoms with E-state index in [9.17, 15) is 4.79 Å². The highest BCUT2D eigenvalue weighted by molar-refractivity contribution is 5.95. The van der Waals surface area contributed by atoms with Crippen LogP contribution in [0.5, 0.6) is 5.75 Å². The fourth-order valence-corrected chi connectivity index (χ4v) is 3.03. The summed E-state index contributed by atoms with van der Waals surface area (Å²) in [5.74, 6) is 0.0727. The first-order valence-corrected chi connectivity index (χ1v) is 8.89. The van der Waals surface area contributed by atoms with E-state index in [0.717, 1.165) is 5.56 Å². The standard InChI is InChI=1S/C23H22FNO2/c1-3-27-21-12-9-19(13-16-7-10-20(25)11-8-16)23(24)22(21)18-6-4-5-17(14-18)15(2)26/h4-12,14H,3,13,25H2,1-2H3. The van der Waals surface area contributed by atoms with Gasteiger partial charge in [-0.1, -0.05) is 36.4 Å². The Kier molecular flexibility index (Phi) is 5.55. The van der Waals surface area contributed by atoms with E-state index in [-0.39, 0.29) is 11.6 Å². The number of ether oxygens (including phenoxy) is 1. The molecule has 138 valence electrons. The van der Waals surface area contributed by atoms with Crippen molar-refractivity contribution in [2.45, 2.75) is 20.3 Å². The predicted molar refractivity (Wildman–Crippen MR) is 107 cm³/mol. The summed E-state index contributed by atoms with van der Waals surface area (Å²) in [7, 11) is 0. The molecular formula is C23H22FNO2. The molecule has 2 N–H and O–H groups in total. The Bertz CT molecular complexity index is 965. The van der Waals surface area contributed by atoms with E-state index in [4.69, 9.17) is 10.5 Å². The van der Waals surface area contributed by atoms with Gasteiger partial charge in [-0.25, -0.2) is 4.39 Å². The van der Waals surface area contributed by atoms with Crippen LogP contribution in [0.1, 0.15) is 35.3 Å². The Morgan fingerprint density at radius 2 is 1.81 bits per heavy atom. The smallest absolute Gasteiger partial charge is 0.159 e. The summed E-state index contributed by atoms with van der Waals surface area (Å²) >= 11 is 0. The van der Waals surface area contributed by atoms with E-state index >= 15 is 4.39 Å². The topological polar surface area (TPSA) is 52.3 Å². The zero-order valence-corrected chi connectivity index (χ0v) is 15.5. The molecule has 3 aromatic carbocycles. The van der Waals surface area contributed by atoms with Crippen molar-refractivity contribution in [2.24, 2.45) is 0 Å². The van der Waals surface area contributed by atoms with Gasteiger partial charge in [-0.05, 0) is 54.8 Å². The molecule has 0 aromatic heterocycles. The number of anilines is 1. The van der Waals surface area contributed by atoms with Crippen molar-refractivity contribution >= 4 is 11.5 Å². The van der Waals surface area contributed by atoms with Gasteiger partial charge in [0.25, 0.3) is 0 Å². The fraction of sp³-hybridized carbons (Fsp3) is 0.174. The van der Waals surface area contributed by atoms with Crippen LogP contribution in [0.25, 0.3) is 11.1 Å². The molecule has 0 saturated carbocycles. The summed E-state index contributed by atoms with van der Waals surface area (Å²) in [6, 6.07) is 17.9. The van der Waals surface area contributed by atoms with Crippen molar-refractivity contribution in [3.8, 4) is 16.9 Å². The molecule has 3 aromatic rings. The Morgan fingerprint density at radius 3 is 2.48 bits per heavy atom. The summed E-state index contributed by atoms with van der Waals surface area (Å²) in [5, 5.41) is 0. The molecule has 0 unspecified atom stereocenters. The van der Waals surface area contributed by atoms with Crippen molar-refractivity contribution in [1.82, 2.24) is 0 Å². The van der Waals surface area contributed by atoms with Gasteiger partial charge in [0.15, 0.2) is 5.78 Å². The van der Waals surface area contributed by atoms with E-state index in [0.29, 0.717) is 46.7 Å². The van der Waals surface area contributed by atoms with Crippen LogP contribution >= 0.6 is 0 Å². The second-order valence-electron chi connectivity index (χ2n) is 6.40. The lowest BCUT2D eigenvalue weighted by Gasteiger charge is -2.15. The third-order valence-electron chi connectivity index (χ3n) is 4.42. The molecule has 0 atom stereocenters. The maximum absolute atomic E-state index is 15.5. The number of carbonyl (C=O) groups excluding carboxylic acids is 1. The van der Waals surface area contributed by atoms with Gasteiger partial charge in [-0.15, -0.1) is 0 Å². The highest BCUT2D eigenvalue weighted by Crippen LogP contribution is 2.36. The lowest BCUT2D eigenvalue weighted by molar-refractivity contribution is 0.101. The molecular weight excluding hydrogens is 341 g/mol. The molecule has 0 spiro atoms. The second-order valence-corrected chi connectivity index (χ2v) is 6.40. The number of Topliss-reactive ketones (excluding diaryl/α,β-unsaturated/α-hetero) is 1. The van der Waals surface area contributed by atoms with Gasteiger partial charge in [-0.3, -0.25) is 4.79 Å². The van der Waals surface area contributed by atoms with Crippen LogP contribution < -0.4 is 10.5 Å². The number of hydrogen-bond acceptors (Lipinski definition) is 3. The van der Waals surface area contributed by atoms with E-state index in [1.54, 1.807) is 48.5 Å². The predicted octanol–water partition coefficient (Wildman–Crippen LogP) is 5.27. The van der Waals surface area contributed by atoms with Gasteiger partial charge >= 0.3 is 0 Å². The first-order valence-electron chi connectivity index (χ1n) is 8.89. The van der Waals surface area contributed by atoms with Crippen LogP contribution in [0.15, 0.2) is 60.7 Å². The number of carbonyl (C=O) groups is 1. The maximum Gasteiger partial charge on any atom is 0.159 e. The molecule has 0 aliphatic rings. The Morgan fingerprint density at radius 1 is 1.07 bits per heavy atom. The van der Waals surface area contributed by atoms with E-state index in [1.165, 1.54) is 6.92 Å². The first-order chi connectivity index (χ1) is 13.0. The van der Waals surface area contributed by atoms with Gasteiger partial charge < -0.3 is 10.5 Å². The number of halogens is 1. The average Bonchev–Trinajstić information content (AvgIpc) is 2.66. The van der Waals surface area contributed by atoms with Gasteiger partial charge in [-0.2, -0.15) is 0 Å². The average molecular weight is 363 g/mol. The van der Waals surface area contributed by atoms with Crippen molar-refractivity contribution < 1.29 is 13.9 Å². The molecule has 27 heavy (non-hydrogen) atoms. The summed E-state index contributed by atoms with van der Waals surface area (Å²) < 4.78 is 21.1. The largest absolute Gasteiger partial charge is 0.493 e. The maximum atomic E-state index is 15.5. The van der Waals surface area contributed by atoms with E-state index in [1.807, 2.05) is 19.1 Å². The van der Waals surface area contributed by atoms with Crippen molar-refractivity contribution in [1.29, 1.82) is 0 Å². The number of nitrogen functional groups attached to an aromatic ring is 1. The lowest BCUT2D eigenvalue weighted by atomic mass is 9.95. The molecule has 4 heteroatoms. The highest BCUT2D eigenvalue weighted by atomic mass is 19.1. The van der Waals surface area contributed by atoms with Crippen LogP contribution in [0.2, 0.25) is 0 Å². The monoisotopic (exact) mass is 363 g/mol. The molecule has 0 aliphatic heterocycles. The van der Waals surface area contributed by atoms with E-state index < -0.39 is 0 Å². The molecule has 0 saturated heterocycles. The zero-order valence-electron chi connectivity index (χ0n) is 15.5. The lowest BCUT2D eigenvalue weighted by Crippen LogP contribution is -2.02. The van der Waals surface area contributed by atoms with Crippen molar-refractivity contribution in [3.05, 3.63) is 83.2 Å². The zero-order chi connectivity index (χ0) is 19.4. The van der Waals surface area contributed by atoms with Gasteiger partial charge in [0.2, 0.25) is 0 Å². The molecule has 0 radical (unpaired) electrons. The number of ketones is 1. The minimum atomic E-state index is -0.335. The molecule has 0 aliphatic carbocycles. The van der Waals surface area contributed by atoms with Crippen LogP contribution in [-0.2, 0) is 6.42 Å². The Hall–Kier alpha value is -3.14. The van der Waals surface area contributed by atoms with Crippen LogP contribution in [0.3, 0.4) is 0 Å².